The number of nitrogens with one attached hydrogen (secondary N) is 1. The molecule has 1 amide bonds. The molecule has 0 bridgehead atoms. The lowest BCUT2D eigenvalue weighted by atomic mass is 9.88. The number of nitrogens with two attached hydrogens (primary N) is 1. The molecule has 1 unspecified atom stereocenters. The average molecular weight is 329 g/mol. The summed E-state index contributed by atoms with van der Waals surface area (Å²) in [6, 6.07) is 8.07. The number of carbonyl (C=O) groups excluding carboxylic acids is 1. The second kappa shape index (κ2) is 7.62. The van der Waals surface area contributed by atoms with E-state index >= 15 is 0 Å². The van der Waals surface area contributed by atoms with Crippen molar-refractivity contribution < 1.29 is 9.21 Å². The molecule has 5 nitrogen and oxygen atoms in total. The maximum Gasteiger partial charge on any atom is 0.220 e. The lowest BCUT2D eigenvalue weighted by molar-refractivity contribution is -0.123. The number of carbonyl (C=O) groups is 1. The molecular weight excluding hydrogens is 302 g/mol. The first-order valence-electron chi connectivity index (χ1n) is 8.37. The largest absolute Gasteiger partial charge is 0.441 e. The number of nitrogens with zero attached hydrogens (tertiary/aromatic N) is 1. The number of hydrogen-bond donors (Lipinski definition) is 2. The quantitative estimate of drug-likeness (QED) is 0.818. The van der Waals surface area contributed by atoms with Crippen LogP contribution in [0.25, 0.3) is 11.3 Å². The van der Waals surface area contributed by atoms with Gasteiger partial charge in [0, 0.05) is 24.9 Å². The van der Waals surface area contributed by atoms with Crippen LogP contribution in [-0.4, -0.2) is 23.0 Å². The minimum absolute atomic E-state index is 0.0354. The van der Waals surface area contributed by atoms with Crippen molar-refractivity contribution in [1.82, 2.24) is 10.3 Å². The fraction of sp³-hybridized carbons (Fsp3) is 0.474. The first-order valence-corrected chi connectivity index (χ1v) is 8.37. The Bertz CT molecular complexity index is 676. The highest BCUT2D eigenvalue weighted by Gasteiger charge is 2.28. The molecule has 3 N–H and O–H groups in total. The van der Waals surface area contributed by atoms with Gasteiger partial charge in [-0.1, -0.05) is 43.7 Å². The van der Waals surface area contributed by atoms with Gasteiger partial charge in [0.25, 0.3) is 0 Å². The fourth-order valence-electron chi connectivity index (χ4n) is 2.31. The summed E-state index contributed by atoms with van der Waals surface area (Å²) in [5.41, 5.74) is 7.59. The van der Waals surface area contributed by atoms with Gasteiger partial charge in [-0.05, 0) is 19.8 Å². The number of rotatable bonds is 7. The van der Waals surface area contributed by atoms with Crippen LogP contribution in [0.4, 0.5) is 0 Å². The Hall–Kier alpha value is -2.14. The van der Waals surface area contributed by atoms with E-state index in [0.717, 1.165) is 11.3 Å². The minimum atomic E-state index is -0.388. The van der Waals surface area contributed by atoms with Gasteiger partial charge in [0.05, 0.1) is 11.7 Å². The van der Waals surface area contributed by atoms with E-state index in [1.165, 1.54) is 5.56 Å². The second-order valence-electron chi connectivity index (χ2n) is 6.81. The van der Waals surface area contributed by atoms with Crippen LogP contribution in [0.5, 0.6) is 0 Å². The Labute approximate surface area is 143 Å². The highest BCUT2D eigenvalue weighted by atomic mass is 16.4. The van der Waals surface area contributed by atoms with Crippen LogP contribution in [0.2, 0.25) is 0 Å². The fourth-order valence-corrected chi connectivity index (χ4v) is 2.31. The zero-order valence-corrected chi connectivity index (χ0v) is 14.9. The maximum absolute atomic E-state index is 12.2. The second-order valence-corrected chi connectivity index (χ2v) is 6.81. The topological polar surface area (TPSA) is 81.2 Å². The summed E-state index contributed by atoms with van der Waals surface area (Å²) in [6.45, 7) is 8.52. The molecule has 0 spiro atoms. The smallest absolute Gasteiger partial charge is 0.220 e. The minimum Gasteiger partial charge on any atom is -0.441 e. The van der Waals surface area contributed by atoms with Crippen LogP contribution in [0.1, 0.15) is 38.6 Å². The first kappa shape index (κ1) is 18.2. The molecule has 0 radical (unpaired) electrons. The van der Waals surface area contributed by atoms with Gasteiger partial charge in [-0.15, -0.1) is 0 Å². The lowest BCUT2D eigenvalue weighted by Gasteiger charge is -2.33. The van der Waals surface area contributed by atoms with E-state index in [9.17, 15) is 4.79 Å². The van der Waals surface area contributed by atoms with Crippen molar-refractivity contribution in [3.05, 3.63) is 41.9 Å². The van der Waals surface area contributed by atoms with Crippen LogP contribution < -0.4 is 11.1 Å². The predicted octanol–water partition coefficient (Wildman–Crippen LogP) is 3.07. The Morgan fingerprint density at radius 1 is 1.33 bits per heavy atom. The maximum atomic E-state index is 12.2. The third-order valence-electron chi connectivity index (χ3n) is 4.58. The molecule has 130 valence electrons. The molecule has 1 heterocycles. The van der Waals surface area contributed by atoms with Gasteiger partial charge in [-0.2, -0.15) is 0 Å². The van der Waals surface area contributed by atoms with Gasteiger partial charge in [0.1, 0.15) is 0 Å². The van der Waals surface area contributed by atoms with E-state index in [1.54, 1.807) is 6.20 Å². The normalized spacial score (nSPS) is 13.8. The molecule has 0 aliphatic carbocycles. The molecule has 1 aromatic carbocycles. The van der Waals surface area contributed by atoms with Crippen molar-refractivity contribution in [2.75, 3.05) is 6.54 Å². The SMILES string of the molecule is Cc1ccc(-c2cnc(CCC(=O)NC(C)(CN)C(C)C)o2)cc1. The summed E-state index contributed by atoms with van der Waals surface area (Å²) in [4.78, 5) is 16.4. The summed E-state index contributed by atoms with van der Waals surface area (Å²) in [5, 5.41) is 3.02. The summed E-state index contributed by atoms with van der Waals surface area (Å²) < 4.78 is 5.75. The highest BCUT2D eigenvalue weighted by Crippen LogP contribution is 2.21. The Morgan fingerprint density at radius 3 is 2.58 bits per heavy atom. The van der Waals surface area contributed by atoms with Gasteiger partial charge >= 0.3 is 0 Å². The molecule has 0 aliphatic heterocycles. The van der Waals surface area contributed by atoms with Crippen molar-refractivity contribution in [2.24, 2.45) is 11.7 Å². The molecule has 0 saturated carbocycles. The van der Waals surface area contributed by atoms with Crippen molar-refractivity contribution >= 4 is 5.91 Å². The van der Waals surface area contributed by atoms with E-state index < -0.39 is 0 Å². The van der Waals surface area contributed by atoms with Crippen LogP contribution in [0.3, 0.4) is 0 Å². The third kappa shape index (κ3) is 4.45. The van der Waals surface area contributed by atoms with Gasteiger partial charge in [-0.25, -0.2) is 4.98 Å². The Kier molecular flexibility index (Phi) is 5.78. The van der Waals surface area contributed by atoms with Crippen molar-refractivity contribution in [1.29, 1.82) is 0 Å². The molecule has 1 aromatic heterocycles. The van der Waals surface area contributed by atoms with Gasteiger partial charge < -0.3 is 15.5 Å². The van der Waals surface area contributed by atoms with Crippen molar-refractivity contribution in [3.63, 3.8) is 0 Å². The number of oxazole rings is 1. The lowest BCUT2D eigenvalue weighted by Crippen LogP contribution is -2.55. The van der Waals surface area contributed by atoms with E-state index in [0.29, 0.717) is 25.3 Å². The van der Waals surface area contributed by atoms with Crippen LogP contribution in [-0.2, 0) is 11.2 Å². The van der Waals surface area contributed by atoms with Gasteiger partial charge in [0.15, 0.2) is 11.7 Å². The molecule has 0 fully saturated rings. The Morgan fingerprint density at radius 2 is 2.00 bits per heavy atom. The first-order chi connectivity index (χ1) is 11.3. The van der Waals surface area contributed by atoms with E-state index in [4.69, 9.17) is 10.2 Å². The predicted molar refractivity (Wildman–Crippen MR) is 95.4 cm³/mol. The van der Waals surface area contributed by atoms with Crippen LogP contribution in [0.15, 0.2) is 34.9 Å². The average Bonchev–Trinajstić information content (AvgIpc) is 3.02. The van der Waals surface area contributed by atoms with Crippen molar-refractivity contribution in [3.8, 4) is 11.3 Å². The molecule has 2 rings (SSSR count). The molecule has 2 aromatic rings. The molecule has 5 heteroatoms. The number of amides is 1. The molecular formula is C19H27N3O2. The summed E-state index contributed by atoms with van der Waals surface area (Å²) >= 11 is 0. The third-order valence-corrected chi connectivity index (χ3v) is 4.58. The molecule has 0 saturated heterocycles. The molecule has 0 aliphatic rings. The number of hydrogen-bond acceptors (Lipinski definition) is 4. The number of aromatic nitrogens is 1. The van der Waals surface area contributed by atoms with Crippen molar-refractivity contribution in [2.45, 2.75) is 46.1 Å². The van der Waals surface area contributed by atoms with Gasteiger partial charge in [-0.3, -0.25) is 4.79 Å². The number of benzene rings is 1. The molecule has 24 heavy (non-hydrogen) atoms. The van der Waals surface area contributed by atoms with E-state index in [-0.39, 0.29) is 17.4 Å². The van der Waals surface area contributed by atoms with Crippen LogP contribution in [0, 0.1) is 12.8 Å². The zero-order valence-electron chi connectivity index (χ0n) is 14.9. The standard InChI is InChI=1S/C19H27N3O2/c1-13(2)19(4,12-20)22-17(23)9-10-18-21-11-16(24-18)15-7-5-14(3)6-8-15/h5-8,11,13H,9-10,12,20H2,1-4H3,(H,22,23). The van der Waals surface area contributed by atoms with Gasteiger partial charge in [0.2, 0.25) is 5.91 Å². The zero-order chi connectivity index (χ0) is 17.7. The number of aryl methyl sites for hydroxylation is 2. The molecule has 1 atom stereocenters. The summed E-state index contributed by atoms with van der Waals surface area (Å²) in [7, 11) is 0. The van der Waals surface area contributed by atoms with E-state index in [2.05, 4.69) is 24.1 Å². The monoisotopic (exact) mass is 329 g/mol. The highest BCUT2D eigenvalue weighted by molar-refractivity contribution is 5.77. The summed E-state index contributed by atoms with van der Waals surface area (Å²) in [6.07, 6.45) is 2.50. The van der Waals surface area contributed by atoms with E-state index in [1.807, 2.05) is 38.1 Å². The summed E-state index contributed by atoms with van der Waals surface area (Å²) in [5.74, 6) is 1.52. The Balaban J connectivity index is 1.93. The van der Waals surface area contributed by atoms with Crippen LogP contribution >= 0.6 is 0 Å².